The molecule has 2 N–H and O–H groups in total. The summed E-state index contributed by atoms with van der Waals surface area (Å²) < 4.78 is 11.1. The number of amides is 2. The molecule has 9 heteroatoms. The van der Waals surface area contributed by atoms with Crippen molar-refractivity contribution in [2.24, 2.45) is 11.8 Å². The van der Waals surface area contributed by atoms with Gasteiger partial charge in [0.25, 0.3) is 0 Å². The molecule has 4 atom stereocenters. The molecular formula is C28H36ClN3O5. The van der Waals surface area contributed by atoms with Crippen LogP contribution >= 0.6 is 11.6 Å². The van der Waals surface area contributed by atoms with E-state index in [1.165, 1.54) is 12.0 Å². The number of hydrogen-bond donors (Lipinski definition) is 2. The number of ether oxygens (including phenoxy) is 1. The number of benzene rings is 1. The van der Waals surface area contributed by atoms with Crippen molar-refractivity contribution in [3.63, 3.8) is 0 Å². The van der Waals surface area contributed by atoms with Crippen LogP contribution in [0, 0.1) is 11.8 Å². The molecule has 37 heavy (non-hydrogen) atoms. The number of anilines is 1. The molecule has 3 heterocycles. The van der Waals surface area contributed by atoms with Crippen molar-refractivity contribution in [2.45, 2.75) is 56.6 Å². The molecule has 8 nitrogen and oxygen atoms in total. The van der Waals surface area contributed by atoms with E-state index in [2.05, 4.69) is 5.32 Å². The fourth-order valence-corrected chi connectivity index (χ4v) is 6.77. The second kappa shape index (κ2) is 10.7. The highest BCUT2D eigenvalue weighted by molar-refractivity contribution is 6.33. The Bertz CT molecular complexity index is 1150. The van der Waals surface area contributed by atoms with Crippen LogP contribution in [0.3, 0.4) is 0 Å². The molecule has 0 radical (unpaired) electrons. The zero-order chi connectivity index (χ0) is 26.2. The van der Waals surface area contributed by atoms with E-state index in [9.17, 15) is 14.7 Å². The van der Waals surface area contributed by atoms with E-state index in [1.54, 1.807) is 18.2 Å². The van der Waals surface area contributed by atoms with Crippen molar-refractivity contribution < 1.29 is 23.8 Å². The minimum Gasteiger partial charge on any atom is -0.452 e. The fraction of sp³-hybridized carbons (Fsp3) is 0.571. The van der Waals surface area contributed by atoms with Gasteiger partial charge in [-0.2, -0.15) is 0 Å². The van der Waals surface area contributed by atoms with Gasteiger partial charge in [0.05, 0.1) is 17.7 Å². The highest BCUT2D eigenvalue weighted by atomic mass is 35.5. The van der Waals surface area contributed by atoms with Crippen LogP contribution in [0.5, 0.6) is 0 Å². The van der Waals surface area contributed by atoms with Crippen LogP contribution in [0.2, 0.25) is 5.02 Å². The molecule has 0 unspecified atom stereocenters. The Morgan fingerprint density at radius 1 is 1.16 bits per heavy atom. The monoisotopic (exact) mass is 529 g/mol. The number of likely N-dealkylation sites (tertiary alicyclic amines) is 1. The quantitative estimate of drug-likeness (QED) is 0.594. The summed E-state index contributed by atoms with van der Waals surface area (Å²) in [6.07, 6.45) is 4.81. The van der Waals surface area contributed by atoms with Crippen LogP contribution in [0.4, 0.5) is 10.7 Å². The molecule has 2 aromatic rings. The average molecular weight is 530 g/mol. The third kappa shape index (κ3) is 4.87. The third-order valence-corrected chi connectivity index (χ3v) is 8.83. The number of piperidine rings is 1. The molecule has 1 aliphatic carbocycles. The first kappa shape index (κ1) is 26.1. The molecule has 2 aliphatic heterocycles. The third-order valence-electron chi connectivity index (χ3n) is 8.52. The summed E-state index contributed by atoms with van der Waals surface area (Å²) in [5, 5.41) is 16.3. The number of furan rings is 1. The van der Waals surface area contributed by atoms with Gasteiger partial charge in [-0.05, 0) is 69.7 Å². The predicted molar refractivity (Wildman–Crippen MR) is 142 cm³/mol. The Kier molecular flexibility index (Phi) is 7.52. The Morgan fingerprint density at radius 2 is 2.00 bits per heavy atom. The first-order valence-corrected chi connectivity index (χ1v) is 13.7. The van der Waals surface area contributed by atoms with Crippen LogP contribution in [0.1, 0.15) is 50.5 Å². The summed E-state index contributed by atoms with van der Waals surface area (Å²) >= 11 is 6.71. The molecule has 1 saturated heterocycles. The second-order valence-corrected chi connectivity index (χ2v) is 11.0. The van der Waals surface area contributed by atoms with Crippen molar-refractivity contribution in [3.05, 3.63) is 40.9 Å². The van der Waals surface area contributed by atoms with Gasteiger partial charge in [-0.1, -0.05) is 23.7 Å². The van der Waals surface area contributed by atoms with E-state index in [4.69, 9.17) is 20.8 Å². The van der Waals surface area contributed by atoms with Gasteiger partial charge in [-0.15, -0.1) is 0 Å². The van der Waals surface area contributed by atoms with E-state index in [0.29, 0.717) is 66.3 Å². The Hall–Kier alpha value is -2.55. The van der Waals surface area contributed by atoms with Gasteiger partial charge < -0.3 is 24.5 Å². The van der Waals surface area contributed by atoms with E-state index >= 15 is 0 Å². The topological polar surface area (TPSA) is 95.3 Å². The first-order valence-electron chi connectivity index (χ1n) is 13.3. The van der Waals surface area contributed by atoms with Gasteiger partial charge in [0, 0.05) is 49.1 Å². The average Bonchev–Trinajstić information content (AvgIpc) is 3.60. The lowest BCUT2D eigenvalue weighted by atomic mass is 9.72. The molecule has 1 saturated carbocycles. The van der Waals surface area contributed by atoms with Gasteiger partial charge in [0.2, 0.25) is 11.8 Å². The maximum Gasteiger partial charge on any atom is 0.416 e. The van der Waals surface area contributed by atoms with Crippen LogP contribution in [-0.2, 0) is 15.1 Å². The molecule has 3 aliphatic rings. The lowest BCUT2D eigenvalue weighted by Gasteiger charge is -2.44. The number of nitrogens with zero attached hydrogens (tertiary/aromatic N) is 2. The van der Waals surface area contributed by atoms with Gasteiger partial charge >= 0.3 is 6.09 Å². The number of fused-ring (bicyclic) bond motifs is 4. The number of methoxy groups -OCH3 is 1. The Balaban J connectivity index is 1.49. The minimum atomic E-state index is -1.26. The van der Waals surface area contributed by atoms with E-state index < -0.39 is 11.7 Å². The summed E-state index contributed by atoms with van der Waals surface area (Å²) in [5.41, 5.74) is 0.0811. The standard InChI is InChI=1S/C28H36ClN3O5/c1-30-20-10-9-18(16-20)26(33)31-14-4-6-19(17-31)28(35)13-5-15-32(27(34)36-2)24-12-11-23(37-24)25-21(28)7-3-8-22(25)29/h3,7-8,11-12,18-20,30,35H,4-6,9-10,13-17H2,1-2H3/t18-,19-,20+,28+/m1/s1. The van der Waals surface area contributed by atoms with Gasteiger partial charge in [0.15, 0.2) is 0 Å². The smallest absolute Gasteiger partial charge is 0.416 e. The maximum absolute atomic E-state index is 13.5. The van der Waals surface area contributed by atoms with Crippen molar-refractivity contribution in [3.8, 4) is 11.3 Å². The summed E-state index contributed by atoms with van der Waals surface area (Å²) in [7, 11) is 3.29. The van der Waals surface area contributed by atoms with E-state index in [0.717, 1.165) is 32.1 Å². The van der Waals surface area contributed by atoms with Crippen LogP contribution in [0.15, 0.2) is 34.7 Å². The number of halogens is 1. The normalized spacial score (nSPS) is 28.1. The highest BCUT2D eigenvalue weighted by Gasteiger charge is 2.45. The summed E-state index contributed by atoms with van der Waals surface area (Å²) in [5.74, 6) is 0.919. The van der Waals surface area contributed by atoms with Crippen LogP contribution < -0.4 is 10.2 Å². The van der Waals surface area contributed by atoms with Gasteiger partial charge in [0.1, 0.15) is 5.76 Å². The van der Waals surface area contributed by atoms with Crippen molar-refractivity contribution >= 4 is 29.5 Å². The van der Waals surface area contributed by atoms with E-state index in [1.807, 2.05) is 24.1 Å². The number of rotatable bonds is 3. The molecule has 200 valence electrons. The second-order valence-electron chi connectivity index (χ2n) is 10.6. The maximum atomic E-state index is 13.5. The van der Waals surface area contributed by atoms with Crippen LogP contribution in [-0.4, -0.2) is 61.8 Å². The number of carbonyl (C=O) groups excluding carboxylic acids is 2. The molecule has 1 aromatic heterocycles. The minimum absolute atomic E-state index is 0.0340. The number of carbonyl (C=O) groups is 2. The van der Waals surface area contributed by atoms with Crippen molar-refractivity contribution in [1.29, 1.82) is 0 Å². The zero-order valence-electron chi connectivity index (χ0n) is 21.5. The molecular weight excluding hydrogens is 494 g/mol. The van der Waals surface area contributed by atoms with Gasteiger partial charge in [-0.3, -0.25) is 4.79 Å². The Labute approximate surface area is 222 Å². The van der Waals surface area contributed by atoms with E-state index in [-0.39, 0.29) is 17.7 Å². The SMILES string of the molecule is CN[C@H]1CC[C@@H](C(=O)N2CCC[C@@H]([C@@]3(O)CCCN(C(=O)OC)c4ccc(o4)-c4c(Cl)cccc43)C2)C1. The lowest BCUT2D eigenvalue weighted by molar-refractivity contribution is -0.140. The predicted octanol–water partition coefficient (Wildman–Crippen LogP) is 4.78. The molecule has 2 bridgehead atoms. The van der Waals surface area contributed by atoms with Crippen molar-refractivity contribution in [2.75, 3.05) is 38.7 Å². The first-order chi connectivity index (χ1) is 17.9. The number of aliphatic hydroxyl groups is 1. The fourth-order valence-electron chi connectivity index (χ4n) is 6.50. The number of hydrogen-bond acceptors (Lipinski definition) is 6. The summed E-state index contributed by atoms with van der Waals surface area (Å²) in [6.45, 7) is 1.54. The molecule has 1 aromatic carbocycles. The Morgan fingerprint density at radius 3 is 2.76 bits per heavy atom. The molecule has 2 fully saturated rings. The molecule has 5 rings (SSSR count). The molecule has 0 spiro atoms. The lowest BCUT2D eigenvalue weighted by Crippen LogP contribution is -2.50. The van der Waals surface area contributed by atoms with Gasteiger partial charge in [-0.25, -0.2) is 9.69 Å². The largest absolute Gasteiger partial charge is 0.452 e. The zero-order valence-corrected chi connectivity index (χ0v) is 22.3. The van der Waals surface area contributed by atoms with Crippen molar-refractivity contribution in [1.82, 2.24) is 10.2 Å². The molecule has 2 amide bonds. The van der Waals surface area contributed by atoms with Crippen LogP contribution in [0.25, 0.3) is 11.3 Å². The highest BCUT2D eigenvalue weighted by Crippen LogP contribution is 2.47. The summed E-state index contributed by atoms with van der Waals surface area (Å²) in [6, 6.07) is 9.44. The number of nitrogens with one attached hydrogen (secondary N) is 1. The summed E-state index contributed by atoms with van der Waals surface area (Å²) in [4.78, 5) is 29.4.